The number of nitro groups is 1. The van der Waals surface area contributed by atoms with Gasteiger partial charge in [-0.1, -0.05) is 6.42 Å². The fourth-order valence-electron chi connectivity index (χ4n) is 2.35. The van der Waals surface area contributed by atoms with Crippen LogP contribution in [-0.2, 0) is 0 Å². The first-order valence-electron chi connectivity index (χ1n) is 6.49. The number of carbonyl (C=O) groups excluding carboxylic acids is 1. The van der Waals surface area contributed by atoms with Gasteiger partial charge in [-0.3, -0.25) is 14.9 Å². The molecule has 1 amide bonds. The third-order valence-electron chi connectivity index (χ3n) is 3.47. The first-order valence-corrected chi connectivity index (χ1v) is 6.49. The Kier molecular flexibility index (Phi) is 4.19. The highest BCUT2D eigenvalue weighted by Crippen LogP contribution is 2.31. The molecule has 0 bridgehead atoms. The first kappa shape index (κ1) is 14.3. The maximum absolute atomic E-state index is 11.1. The SMILES string of the molecule is NC(=O)c1ccc(OC2CCCCC2N)c([N+](=O)[O-])c1. The van der Waals surface area contributed by atoms with Crippen molar-refractivity contribution >= 4 is 11.6 Å². The van der Waals surface area contributed by atoms with E-state index in [-0.39, 0.29) is 29.1 Å². The minimum Gasteiger partial charge on any atom is -0.482 e. The van der Waals surface area contributed by atoms with Gasteiger partial charge in [0.05, 0.1) is 4.92 Å². The van der Waals surface area contributed by atoms with Crippen LogP contribution in [0.15, 0.2) is 18.2 Å². The quantitative estimate of drug-likeness (QED) is 0.636. The van der Waals surface area contributed by atoms with Crippen LogP contribution in [-0.4, -0.2) is 23.0 Å². The molecule has 0 heterocycles. The van der Waals surface area contributed by atoms with Crippen molar-refractivity contribution in [3.05, 3.63) is 33.9 Å². The highest BCUT2D eigenvalue weighted by Gasteiger charge is 2.27. The zero-order valence-electron chi connectivity index (χ0n) is 11.0. The van der Waals surface area contributed by atoms with Gasteiger partial charge in [0.15, 0.2) is 5.75 Å². The molecule has 0 aliphatic heterocycles. The molecule has 2 unspecified atom stereocenters. The molecule has 7 nitrogen and oxygen atoms in total. The van der Waals surface area contributed by atoms with Crippen molar-refractivity contribution in [2.45, 2.75) is 37.8 Å². The molecular formula is C13H17N3O4. The second kappa shape index (κ2) is 5.87. The average molecular weight is 279 g/mol. The lowest BCUT2D eigenvalue weighted by molar-refractivity contribution is -0.386. The Morgan fingerprint density at radius 3 is 2.65 bits per heavy atom. The standard InChI is InChI=1S/C13H17N3O4/c14-9-3-1-2-4-11(9)20-12-6-5-8(13(15)17)7-10(12)16(18)19/h5-7,9,11H,1-4,14H2,(H2,15,17). The van der Waals surface area contributed by atoms with Gasteiger partial charge in [0, 0.05) is 17.7 Å². The Morgan fingerprint density at radius 2 is 2.05 bits per heavy atom. The molecule has 20 heavy (non-hydrogen) atoms. The highest BCUT2D eigenvalue weighted by atomic mass is 16.6. The van der Waals surface area contributed by atoms with Crippen molar-refractivity contribution in [1.29, 1.82) is 0 Å². The number of carbonyl (C=O) groups is 1. The summed E-state index contributed by atoms with van der Waals surface area (Å²) in [7, 11) is 0. The van der Waals surface area contributed by atoms with Crippen LogP contribution >= 0.6 is 0 Å². The minimum atomic E-state index is -0.714. The van der Waals surface area contributed by atoms with E-state index in [0.29, 0.717) is 0 Å². The molecule has 2 atom stereocenters. The van der Waals surface area contributed by atoms with Crippen molar-refractivity contribution in [3.8, 4) is 5.75 Å². The molecule has 1 saturated carbocycles. The number of hydrogen-bond acceptors (Lipinski definition) is 5. The molecule has 0 radical (unpaired) electrons. The third-order valence-corrected chi connectivity index (χ3v) is 3.47. The lowest BCUT2D eigenvalue weighted by Crippen LogP contribution is -2.41. The summed E-state index contributed by atoms with van der Waals surface area (Å²) in [6.45, 7) is 0. The van der Waals surface area contributed by atoms with Crippen LogP contribution in [0.1, 0.15) is 36.0 Å². The van der Waals surface area contributed by atoms with Gasteiger partial charge in [-0.15, -0.1) is 0 Å². The van der Waals surface area contributed by atoms with Crippen LogP contribution < -0.4 is 16.2 Å². The Hall–Kier alpha value is -2.15. The number of amides is 1. The van der Waals surface area contributed by atoms with Gasteiger partial charge in [0.1, 0.15) is 6.10 Å². The molecule has 0 saturated heterocycles. The van der Waals surface area contributed by atoms with Crippen LogP contribution in [0.3, 0.4) is 0 Å². The summed E-state index contributed by atoms with van der Waals surface area (Å²) >= 11 is 0. The molecule has 1 aromatic rings. The summed E-state index contributed by atoms with van der Waals surface area (Å²) in [5, 5.41) is 11.1. The number of nitrogens with zero attached hydrogens (tertiary/aromatic N) is 1. The fraction of sp³-hybridized carbons (Fsp3) is 0.462. The van der Waals surface area contributed by atoms with Crippen molar-refractivity contribution in [2.24, 2.45) is 11.5 Å². The van der Waals surface area contributed by atoms with Crippen molar-refractivity contribution in [1.82, 2.24) is 0 Å². The van der Waals surface area contributed by atoms with Crippen molar-refractivity contribution in [2.75, 3.05) is 0 Å². The van der Waals surface area contributed by atoms with Gasteiger partial charge in [-0.2, -0.15) is 0 Å². The van der Waals surface area contributed by atoms with Gasteiger partial charge in [0.25, 0.3) is 0 Å². The van der Waals surface area contributed by atoms with Crippen LogP contribution in [0.25, 0.3) is 0 Å². The van der Waals surface area contributed by atoms with Crippen LogP contribution in [0.2, 0.25) is 0 Å². The van der Waals surface area contributed by atoms with E-state index in [4.69, 9.17) is 16.2 Å². The molecule has 7 heteroatoms. The lowest BCUT2D eigenvalue weighted by atomic mass is 9.93. The predicted molar refractivity (Wildman–Crippen MR) is 72.5 cm³/mol. The van der Waals surface area contributed by atoms with Crippen LogP contribution in [0.5, 0.6) is 5.75 Å². The monoisotopic (exact) mass is 279 g/mol. The third kappa shape index (κ3) is 3.05. The Labute approximate surface area is 116 Å². The summed E-state index contributed by atoms with van der Waals surface area (Å²) in [5.41, 5.74) is 10.9. The normalized spacial score (nSPS) is 22.2. The van der Waals surface area contributed by atoms with Gasteiger partial charge < -0.3 is 16.2 Å². The van der Waals surface area contributed by atoms with E-state index in [2.05, 4.69) is 0 Å². The van der Waals surface area contributed by atoms with E-state index < -0.39 is 10.8 Å². The van der Waals surface area contributed by atoms with E-state index in [0.717, 1.165) is 31.7 Å². The molecule has 1 aromatic carbocycles. The molecule has 1 aliphatic rings. The zero-order valence-corrected chi connectivity index (χ0v) is 11.0. The van der Waals surface area contributed by atoms with Gasteiger partial charge in [0.2, 0.25) is 5.91 Å². The van der Waals surface area contributed by atoms with Crippen molar-refractivity contribution < 1.29 is 14.5 Å². The summed E-state index contributed by atoms with van der Waals surface area (Å²) in [5.74, 6) is -0.587. The van der Waals surface area contributed by atoms with Gasteiger partial charge in [-0.05, 0) is 31.4 Å². The highest BCUT2D eigenvalue weighted by molar-refractivity contribution is 5.93. The number of nitrogens with two attached hydrogens (primary N) is 2. The Balaban J connectivity index is 2.26. The number of nitro benzene ring substituents is 1. The first-order chi connectivity index (χ1) is 9.49. The van der Waals surface area contributed by atoms with Crippen LogP contribution in [0.4, 0.5) is 5.69 Å². The summed E-state index contributed by atoms with van der Waals surface area (Å²) < 4.78 is 5.68. The van der Waals surface area contributed by atoms with E-state index >= 15 is 0 Å². The molecule has 1 aliphatic carbocycles. The molecule has 0 aromatic heterocycles. The maximum atomic E-state index is 11.1. The second-order valence-corrected chi connectivity index (χ2v) is 4.91. The summed E-state index contributed by atoms with van der Waals surface area (Å²) in [6.07, 6.45) is 3.42. The van der Waals surface area contributed by atoms with E-state index in [1.807, 2.05) is 0 Å². The largest absolute Gasteiger partial charge is 0.482 e. The Bertz CT molecular complexity index is 532. The fourth-order valence-corrected chi connectivity index (χ4v) is 2.35. The molecule has 0 spiro atoms. The van der Waals surface area contributed by atoms with E-state index in [1.165, 1.54) is 12.1 Å². The molecule has 2 rings (SSSR count). The molecular weight excluding hydrogens is 262 g/mol. The molecule has 108 valence electrons. The zero-order chi connectivity index (χ0) is 14.7. The van der Waals surface area contributed by atoms with E-state index in [1.54, 1.807) is 0 Å². The van der Waals surface area contributed by atoms with E-state index in [9.17, 15) is 14.9 Å². The maximum Gasteiger partial charge on any atom is 0.311 e. The summed E-state index contributed by atoms with van der Waals surface area (Å²) in [4.78, 5) is 21.5. The minimum absolute atomic E-state index is 0.0805. The number of hydrogen-bond donors (Lipinski definition) is 2. The summed E-state index contributed by atoms with van der Waals surface area (Å²) in [6, 6.07) is 3.82. The lowest BCUT2D eigenvalue weighted by Gasteiger charge is -2.28. The Morgan fingerprint density at radius 1 is 1.35 bits per heavy atom. The number of primary amides is 1. The van der Waals surface area contributed by atoms with Crippen LogP contribution in [0, 0.1) is 10.1 Å². The average Bonchev–Trinajstić information content (AvgIpc) is 2.41. The number of ether oxygens (including phenoxy) is 1. The second-order valence-electron chi connectivity index (χ2n) is 4.91. The predicted octanol–water partition coefficient (Wildman–Crippen LogP) is 1.34. The molecule has 4 N–H and O–H groups in total. The number of rotatable bonds is 4. The van der Waals surface area contributed by atoms with Gasteiger partial charge in [-0.25, -0.2) is 0 Å². The molecule has 1 fully saturated rings. The number of benzene rings is 1. The van der Waals surface area contributed by atoms with Gasteiger partial charge >= 0.3 is 5.69 Å². The topological polar surface area (TPSA) is 121 Å². The van der Waals surface area contributed by atoms with Crippen molar-refractivity contribution in [3.63, 3.8) is 0 Å². The smallest absolute Gasteiger partial charge is 0.311 e.